The van der Waals surface area contributed by atoms with E-state index in [1.165, 1.54) is 18.2 Å². The standard InChI is InChI=1S/C12H16ClN3O2S/c1-2-5-15-6-7-16-19(17,18)12-8-11(13)4-3-10(12)9-14/h3-4,8,15-16H,2,5-7H2,1H3. The van der Waals surface area contributed by atoms with E-state index in [9.17, 15) is 8.42 Å². The van der Waals surface area contributed by atoms with Crippen LogP contribution in [0.15, 0.2) is 23.1 Å². The summed E-state index contributed by atoms with van der Waals surface area (Å²) in [6.45, 7) is 3.67. The molecule has 0 amide bonds. The normalized spacial score (nSPS) is 11.2. The number of halogens is 1. The molecule has 0 heterocycles. The molecule has 0 aliphatic heterocycles. The summed E-state index contributed by atoms with van der Waals surface area (Å²) in [5.41, 5.74) is 0.0819. The van der Waals surface area contributed by atoms with Gasteiger partial charge in [0, 0.05) is 18.1 Å². The Bertz CT molecular complexity index is 567. The predicted octanol–water partition coefficient (Wildman–Crippen LogP) is 1.49. The van der Waals surface area contributed by atoms with E-state index in [-0.39, 0.29) is 22.0 Å². The van der Waals surface area contributed by atoms with E-state index in [0.29, 0.717) is 6.54 Å². The lowest BCUT2D eigenvalue weighted by atomic mass is 10.2. The Morgan fingerprint density at radius 2 is 2.05 bits per heavy atom. The number of nitrogens with one attached hydrogen (secondary N) is 2. The van der Waals surface area contributed by atoms with E-state index in [1.807, 2.05) is 13.0 Å². The average Bonchev–Trinajstić information content (AvgIpc) is 2.38. The monoisotopic (exact) mass is 301 g/mol. The molecular formula is C12H16ClN3O2S. The second-order valence-electron chi connectivity index (χ2n) is 3.90. The lowest BCUT2D eigenvalue weighted by molar-refractivity contribution is 0.575. The Labute approximate surface area is 118 Å². The molecule has 7 heteroatoms. The minimum absolute atomic E-state index is 0.0819. The van der Waals surface area contributed by atoms with Gasteiger partial charge >= 0.3 is 0 Å². The predicted molar refractivity (Wildman–Crippen MR) is 74.5 cm³/mol. The first-order valence-corrected chi connectivity index (χ1v) is 7.77. The first-order chi connectivity index (χ1) is 9.01. The van der Waals surface area contributed by atoms with Gasteiger partial charge in [-0.1, -0.05) is 18.5 Å². The molecular weight excluding hydrogens is 286 g/mol. The molecule has 0 radical (unpaired) electrons. The largest absolute Gasteiger partial charge is 0.315 e. The van der Waals surface area contributed by atoms with E-state index in [2.05, 4.69) is 10.0 Å². The third-order valence-corrected chi connectivity index (χ3v) is 4.11. The summed E-state index contributed by atoms with van der Waals surface area (Å²) in [4.78, 5) is -0.0852. The van der Waals surface area contributed by atoms with Crippen molar-refractivity contribution < 1.29 is 8.42 Å². The van der Waals surface area contributed by atoms with Crippen LogP contribution in [0.2, 0.25) is 5.02 Å². The SMILES string of the molecule is CCCNCCNS(=O)(=O)c1cc(Cl)ccc1C#N. The quantitative estimate of drug-likeness (QED) is 0.748. The minimum Gasteiger partial charge on any atom is -0.315 e. The Kier molecular flexibility index (Phi) is 6.25. The smallest absolute Gasteiger partial charge is 0.241 e. The topological polar surface area (TPSA) is 82.0 Å². The maximum absolute atomic E-state index is 12.0. The number of sulfonamides is 1. The highest BCUT2D eigenvalue weighted by Gasteiger charge is 2.18. The van der Waals surface area contributed by atoms with Crippen molar-refractivity contribution in [2.75, 3.05) is 19.6 Å². The molecule has 0 aliphatic rings. The molecule has 19 heavy (non-hydrogen) atoms. The van der Waals surface area contributed by atoms with Crippen molar-refractivity contribution in [3.63, 3.8) is 0 Å². The van der Waals surface area contributed by atoms with Crippen molar-refractivity contribution in [2.45, 2.75) is 18.2 Å². The minimum atomic E-state index is -3.71. The molecule has 0 saturated heterocycles. The van der Waals surface area contributed by atoms with E-state index in [4.69, 9.17) is 16.9 Å². The summed E-state index contributed by atoms with van der Waals surface area (Å²) in [6.07, 6.45) is 0.986. The molecule has 0 aliphatic carbocycles. The highest BCUT2D eigenvalue weighted by atomic mass is 35.5. The van der Waals surface area contributed by atoms with Gasteiger partial charge in [0.25, 0.3) is 0 Å². The molecule has 1 aromatic carbocycles. The van der Waals surface area contributed by atoms with Gasteiger partial charge in [0.15, 0.2) is 0 Å². The Morgan fingerprint density at radius 3 is 2.68 bits per heavy atom. The van der Waals surface area contributed by atoms with Crippen LogP contribution in [-0.4, -0.2) is 28.1 Å². The molecule has 1 aromatic rings. The number of rotatable bonds is 7. The van der Waals surface area contributed by atoms with Crippen LogP contribution in [0.25, 0.3) is 0 Å². The zero-order valence-electron chi connectivity index (χ0n) is 10.6. The third-order valence-electron chi connectivity index (χ3n) is 2.37. The highest BCUT2D eigenvalue weighted by Crippen LogP contribution is 2.19. The fourth-order valence-corrected chi connectivity index (χ4v) is 2.91. The summed E-state index contributed by atoms with van der Waals surface area (Å²) < 4.78 is 26.5. The zero-order valence-corrected chi connectivity index (χ0v) is 12.2. The van der Waals surface area contributed by atoms with Gasteiger partial charge in [0.2, 0.25) is 10.0 Å². The number of hydrogen-bond acceptors (Lipinski definition) is 4. The van der Waals surface area contributed by atoms with E-state index >= 15 is 0 Å². The van der Waals surface area contributed by atoms with Gasteiger partial charge in [-0.05, 0) is 31.2 Å². The van der Waals surface area contributed by atoms with E-state index < -0.39 is 10.0 Å². The highest BCUT2D eigenvalue weighted by molar-refractivity contribution is 7.89. The zero-order chi connectivity index (χ0) is 14.3. The van der Waals surface area contributed by atoms with Crippen LogP contribution in [-0.2, 0) is 10.0 Å². The van der Waals surface area contributed by atoms with Crippen LogP contribution in [0.1, 0.15) is 18.9 Å². The molecule has 0 spiro atoms. The Balaban J connectivity index is 2.78. The second kappa shape index (κ2) is 7.46. The van der Waals surface area contributed by atoms with Crippen LogP contribution in [0, 0.1) is 11.3 Å². The van der Waals surface area contributed by atoms with Crippen molar-refractivity contribution in [1.82, 2.24) is 10.0 Å². The molecule has 104 valence electrons. The van der Waals surface area contributed by atoms with E-state index in [1.54, 1.807) is 0 Å². The molecule has 2 N–H and O–H groups in total. The van der Waals surface area contributed by atoms with Gasteiger partial charge < -0.3 is 5.32 Å². The Morgan fingerprint density at radius 1 is 1.32 bits per heavy atom. The summed E-state index contributed by atoms with van der Waals surface area (Å²) in [6, 6.07) is 6.01. The van der Waals surface area contributed by atoms with Crippen molar-refractivity contribution in [1.29, 1.82) is 5.26 Å². The van der Waals surface area contributed by atoms with Gasteiger partial charge in [-0.25, -0.2) is 13.1 Å². The fourth-order valence-electron chi connectivity index (χ4n) is 1.46. The number of benzene rings is 1. The first-order valence-electron chi connectivity index (χ1n) is 5.91. The van der Waals surface area contributed by atoms with Gasteiger partial charge in [0.1, 0.15) is 11.0 Å². The summed E-state index contributed by atoms with van der Waals surface area (Å²) in [5.74, 6) is 0. The number of hydrogen-bond donors (Lipinski definition) is 2. The van der Waals surface area contributed by atoms with Crippen LogP contribution in [0.5, 0.6) is 0 Å². The van der Waals surface area contributed by atoms with Crippen molar-refractivity contribution >= 4 is 21.6 Å². The molecule has 0 saturated carbocycles. The van der Waals surface area contributed by atoms with Gasteiger partial charge in [0.05, 0.1) is 5.56 Å². The van der Waals surface area contributed by atoms with Gasteiger partial charge in [-0.2, -0.15) is 5.26 Å². The fraction of sp³-hybridized carbons (Fsp3) is 0.417. The van der Waals surface area contributed by atoms with Gasteiger partial charge in [-0.15, -0.1) is 0 Å². The molecule has 0 fully saturated rings. The molecule has 0 aromatic heterocycles. The molecule has 0 bridgehead atoms. The first kappa shape index (κ1) is 15.9. The summed E-state index contributed by atoms with van der Waals surface area (Å²) in [5, 5.41) is 12.3. The van der Waals surface area contributed by atoms with Crippen molar-refractivity contribution in [2.24, 2.45) is 0 Å². The van der Waals surface area contributed by atoms with E-state index in [0.717, 1.165) is 13.0 Å². The number of nitrogens with zero attached hydrogens (tertiary/aromatic N) is 1. The van der Waals surface area contributed by atoms with Crippen molar-refractivity contribution in [3.05, 3.63) is 28.8 Å². The lowest BCUT2D eigenvalue weighted by Crippen LogP contribution is -2.32. The summed E-state index contributed by atoms with van der Waals surface area (Å²) >= 11 is 5.77. The Hall–Kier alpha value is -1.13. The summed E-state index contributed by atoms with van der Waals surface area (Å²) in [7, 11) is -3.71. The number of nitriles is 1. The maximum Gasteiger partial charge on any atom is 0.241 e. The average molecular weight is 302 g/mol. The van der Waals surface area contributed by atoms with Crippen molar-refractivity contribution in [3.8, 4) is 6.07 Å². The van der Waals surface area contributed by atoms with Crippen LogP contribution >= 0.6 is 11.6 Å². The molecule has 0 atom stereocenters. The third kappa shape index (κ3) is 4.80. The molecule has 1 rings (SSSR count). The van der Waals surface area contributed by atoms with Gasteiger partial charge in [-0.3, -0.25) is 0 Å². The second-order valence-corrected chi connectivity index (χ2v) is 6.07. The van der Waals surface area contributed by atoms with Crippen LogP contribution in [0.3, 0.4) is 0 Å². The molecule has 0 unspecified atom stereocenters. The van der Waals surface area contributed by atoms with Crippen LogP contribution < -0.4 is 10.0 Å². The van der Waals surface area contributed by atoms with Crippen LogP contribution in [0.4, 0.5) is 0 Å². The molecule has 5 nitrogen and oxygen atoms in total. The maximum atomic E-state index is 12.0. The lowest BCUT2D eigenvalue weighted by Gasteiger charge is -2.09.